The van der Waals surface area contributed by atoms with Crippen LogP contribution >= 0.6 is 11.6 Å². The Bertz CT molecular complexity index is 795. The molecule has 0 aliphatic heterocycles. The van der Waals surface area contributed by atoms with Gasteiger partial charge in [0.05, 0.1) is 18.7 Å². The van der Waals surface area contributed by atoms with Crippen molar-refractivity contribution < 1.29 is 19.4 Å². The number of carboxylic acid groups (broad SMARTS) is 1. The van der Waals surface area contributed by atoms with Crippen molar-refractivity contribution in [3.05, 3.63) is 53.1 Å². The highest BCUT2D eigenvalue weighted by atomic mass is 35.5. The van der Waals surface area contributed by atoms with Gasteiger partial charge in [0.2, 0.25) is 5.91 Å². The van der Waals surface area contributed by atoms with Crippen molar-refractivity contribution in [3.8, 4) is 5.75 Å². The molecule has 0 heterocycles. The van der Waals surface area contributed by atoms with E-state index >= 15 is 0 Å². The van der Waals surface area contributed by atoms with E-state index in [0.717, 1.165) is 0 Å². The van der Waals surface area contributed by atoms with Gasteiger partial charge in [0.15, 0.2) is 0 Å². The Hall–Kier alpha value is -2.73. The molecule has 0 aromatic heterocycles. The minimum absolute atomic E-state index is 0.182. The minimum atomic E-state index is -0.909. The van der Waals surface area contributed by atoms with Gasteiger partial charge in [-0.25, -0.2) is 0 Å². The molecule has 6 nitrogen and oxygen atoms in total. The zero-order valence-electron chi connectivity index (χ0n) is 14.6. The molecule has 0 aliphatic carbocycles. The third-order valence-electron chi connectivity index (χ3n) is 3.87. The number of carbonyl (C=O) groups excluding carboxylic acids is 1. The molecule has 26 heavy (non-hydrogen) atoms. The number of hydrogen-bond acceptors (Lipinski definition) is 4. The van der Waals surface area contributed by atoms with E-state index in [4.69, 9.17) is 21.4 Å². The summed E-state index contributed by atoms with van der Waals surface area (Å²) in [6.07, 6.45) is 0.231. The first-order valence-corrected chi connectivity index (χ1v) is 8.48. The van der Waals surface area contributed by atoms with Crippen molar-refractivity contribution in [1.29, 1.82) is 0 Å². The van der Waals surface area contributed by atoms with Crippen LogP contribution in [-0.4, -0.2) is 30.6 Å². The number of halogens is 1. The number of nitrogens with one attached hydrogen (secondary N) is 2. The predicted molar refractivity (Wildman–Crippen MR) is 102 cm³/mol. The summed E-state index contributed by atoms with van der Waals surface area (Å²) in [5, 5.41) is 15.5. The zero-order chi connectivity index (χ0) is 19.1. The molecule has 1 unspecified atom stereocenters. The van der Waals surface area contributed by atoms with Crippen LogP contribution in [0.15, 0.2) is 42.5 Å². The molecule has 1 amide bonds. The van der Waals surface area contributed by atoms with E-state index < -0.39 is 11.9 Å². The molecule has 0 spiro atoms. The lowest BCUT2D eigenvalue weighted by Gasteiger charge is -2.12. The molecule has 7 heteroatoms. The topological polar surface area (TPSA) is 87.7 Å². The SMILES string of the molecule is COc1ccc(Cl)cc1NCCC(=O)Nc1cccc(C(C)C(=O)O)c1. The predicted octanol–water partition coefficient (Wildman–Crippen LogP) is 3.98. The molecule has 1 atom stereocenters. The Morgan fingerprint density at radius 3 is 2.69 bits per heavy atom. The van der Waals surface area contributed by atoms with Crippen molar-refractivity contribution in [3.63, 3.8) is 0 Å². The fourth-order valence-electron chi connectivity index (χ4n) is 2.38. The van der Waals surface area contributed by atoms with Crippen LogP contribution in [0, 0.1) is 0 Å². The van der Waals surface area contributed by atoms with Crippen molar-refractivity contribution in [2.75, 3.05) is 24.3 Å². The molecule has 0 aliphatic rings. The van der Waals surface area contributed by atoms with Gasteiger partial charge in [0, 0.05) is 23.7 Å². The molecule has 0 fully saturated rings. The molecule has 0 saturated carbocycles. The van der Waals surface area contributed by atoms with Crippen LogP contribution in [0.1, 0.15) is 24.8 Å². The summed E-state index contributed by atoms with van der Waals surface area (Å²) in [7, 11) is 1.56. The lowest BCUT2D eigenvalue weighted by atomic mass is 10.0. The largest absolute Gasteiger partial charge is 0.495 e. The number of benzene rings is 2. The lowest BCUT2D eigenvalue weighted by Crippen LogP contribution is -2.17. The highest BCUT2D eigenvalue weighted by molar-refractivity contribution is 6.30. The molecule has 0 radical (unpaired) electrons. The Balaban J connectivity index is 1.91. The van der Waals surface area contributed by atoms with Gasteiger partial charge in [0.1, 0.15) is 5.75 Å². The van der Waals surface area contributed by atoms with Crippen LogP contribution in [-0.2, 0) is 9.59 Å². The molecule has 2 aromatic rings. The molecule has 0 saturated heterocycles. The third-order valence-corrected chi connectivity index (χ3v) is 4.10. The average Bonchev–Trinajstić information content (AvgIpc) is 2.61. The molecular formula is C19H21ClN2O4. The maximum absolute atomic E-state index is 12.1. The van der Waals surface area contributed by atoms with Crippen LogP contribution in [0.5, 0.6) is 5.75 Å². The van der Waals surface area contributed by atoms with Gasteiger partial charge in [-0.3, -0.25) is 9.59 Å². The number of aliphatic carboxylic acids is 1. The molecule has 138 valence electrons. The summed E-state index contributed by atoms with van der Waals surface area (Å²) in [4.78, 5) is 23.2. The van der Waals surface area contributed by atoms with Crippen LogP contribution in [0.4, 0.5) is 11.4 Å². The number of anilines is 2. The molecule has 3 N–H and O–H groups in total. The van der Waals surface area contributed by atoms with E-state index in [1.807, 2.05) is 0 Å². The van der Waals surface area contributed by atoms with Crippen molar-refractivity contribution in [2.24, 2.45) is 0 Å². The fraction of sp³-hybridized carbons (Fsp3) is 0.263. The number of amides is 1. The summed E-state index contributed by atoms with van der Waals surface area (Å²) < 4.78 is 5.24. The van der Waals surface area contributed by atoms with Gasteiger partial charge < -0.3 is 20.5 Å². The van der Waals surface area contributed by atoms with Crippen molar-refractivity contribution in [1.82, 2.24) is 0 Å². The van der Waals surface area contributed by atoms with Gasteiger partial charge in [-0.1, -0.05) is 23.7 Å². The summed E-state index contributed by atoms with van der Waals surface area (Å²) >= 11 is 5.97. The maximum Gasteiger partial charge on any atom is 0.310 e. The second-order valence-corrected chi connectivity index (χ2v) is 6.19. The second-order valence-electron chi connectivity index (χ2n) is 5.75. The maximum atomic E-state index is 12.1. The smallest absolute Gasteiger partial charge is 0.310 e. The van der Waals surface area contributed by atoms with E-state index in [9.17, 15) is 9.59 Å². The summed E-state index contributed by atoms with van der Waals surface area (Å²) in [5.41, 5.74) is 1.92. The number of methoxy groups -OCH3 is 1. The van der Waals surface area contributed by atoms with Gasteiger partial charge in [0.25, 0.3) is 0 Å². The Morgan fingerprint density at radius 1 is 1.23 bits per heavy atom. The quantitative estimate of drug-likeness (QED) is 0.648. The first kappa shape index (κ1) is 19.6. The van der Waals surface area contributed by atoms with Crippen LogP contribution in [0.3, 0.4) is 0 Å². The molecule has 0 bridgehead atoms. The van der Waals surface area contributed by atoms with Crippen LogP contribution < -0.4 is 15.4 Å². The molecular weight excluding hydrogens is 356 g/mol. The monoisotopic (exact) mass is 376 g/mol. The number of carbonyl (C=O) groups is 2. The number of carboxylic acids is 1. The fourth-order valence-corrected chi connectivity index (χ4v) is 2.55. The highest BCUT2D eigenvalue weighted by Crippen LogP contribution is 2.27. The van der Waals surface area contributed by atoms with Crippen molar-refractivity contribution >= 4 is 34.9 Å². The number of hydrogen-bond donors (Lipinski definition) is 3. The van der Waals surface area contributed by atoms with Gasteiger partial charge >= 0.3 is 5.97 Å². The number of rotatable bonds is 8. The van der Waals surface area contributed by atoms with Gasteiger partial charge in [-0.2, -0.15) is 0 Å². The standard InChI is InChI=1S/C19H21ClN2O4/c1-12(19(24)25)13-4-3-5-15(10-13)22-18(23)8-9-21-16-11-14(20)6-7-17(16)26-2/h3-7,10-12,21H,8-9H2,1-2H3,(H,22,23)(H,24,25). The van der Waals surface area contributed by atoms with E-state index in [-0.39, 0.29) is 12.3 Å². The van der Waals surface area contributed by atoms with E-state index in [1.54, 1.807) is 56.5 Å². The Kier molecular flexibility index (Phi) is 6.86. The first-order valence-electron chi connectivity index (χ1n) is 8.10. The normalized spacial score (nSPS) is 11.5. The third kappa shape index (κ3) is 5.39. The Morgan fingerprint density at radius 2 is 2.00 bits per heavy atom. The zero-order valence-corrected chi connectivity index (χ0v) is 15.3. The van der Waals surface area contributed by atoms with E-state index in [2.05, 4.69) is 10.6 Å². The summed E-state index contributed by atoms with van der Waals surface area (Å²) in [6.45, 7) is 2.00. The highest BCUT2D eigenvalue weighted by Gasteiger charge is 2.14. The summed E-state index contributed by atoms with van der Waals surface area (Å²) in [6, 6.07) is 12.0. The van der Waals surface area contributed by atoms with E-state index in [1.165, 1.54) is 0 Å². The van der Waals surface area contributed by atoms with E-state index in [0.29, 0.717) is 34.3 Å². The summed E-state index contributed by atoms with van der Waals surface area (Å²) in [5.74, 6) is -1.08. The Labute approximate surface area is 157 Å². The van der Waals surface area contributed by atoms with Crippen LogP contribution in [0.25, 0.3) is 0 Å². The molecule has 2 aromatic carbocycles. The lowest BCUT2D eigenvalue weighted by molar-refractivity contribution is -0.138. The number of ether oxygens (including phenoxy) is 1. The average molecular weight is 377 g/mol. The van der Waals surface area contributed by atoms with Crippen molar-refractivity contribution in [2.45, 2.75) is 19.3 Å². The second kappa shape index (κ2) is 9.10. The van der Waals surface area contributed by atoms with Crippen LogP contribution in [0.2, 0.25) is 5.02 Å². The first-order chi connectivity index (χ1) is 12.4. The van der Waals surface area contributed by atoms with Gasteiger partial charge in [-0.05, 0) is 42.8 Å². The van der Waals surface area contributed by atoms with Gasteiger partial charge in [-0.15, -0.1) is 0 Å². The minimum Gasteiger partial charge on any atom is -0.495 e. The molecule has 2 rings (SSSR count).